The van der Waals surface area contributed by atoms with Crippen molar-refractivity contribution in [3.63, 3.8) is 0 Å². The van der Waals surface area contributed by atoms with E-state index < -0.39 is 11.7 Å². The molecule has 1 aliphatic heterocycles. The largest absolute Gasteiger partial charge is 0.418 e. The molecule has 2 aromatic carbocycles. The van der Waals surface area contributed by atoms with Gasteiger partial charge in [0.15, 0.2) is 0 Å². The Kier molecular flexibility index (Phi) is 6.85. The van der Waals surface area contributed by atoms with Crippen LogP contribution in [0, 0.1) is 5.92 Å². The number of alkyl halides is 3. The van der Waals surface area contributed by atoms with Crippen LogP contribution in [0.3, 0.4) is 0 Å². The summed E-state index contributed by atoms with van der Waals surface area (Å²) in [5.74, 6) is 0.472. The number of benzene rings is 2. The topological polar surface area (TPSA) is 23.6 Å². The molecule has 0 unspecified atom stereocenters. The lowest BCUT2D eigenvalue weighted by Crippen LogP contribution is -2.48. The molecule has 1 aliphatic rings. The summed E-state index contributed by atoms with van der Waals surface area (Å²) in [6, 6.07) is 13.7. The highest BCUT2D eigenvalue weighted by atomic mass is 19.4. The van der Waals surface area contributed by atoms with Gasteiger partial charge in [0.1, 0.15) is 0 Å². The summed E-state index contributed by atoms with van der Waals surface area (Å²) in [7, 11) is 0. The van der Waals surface area contributed by atoms with E-state index in [0.717, 1.165) is 18.1 Å². The van der Waals surface area contributed by atoms with Gasteiger partial charge in [-0.15, -0.1) is 0 Å². The molecule has 0 spiro atoms. The fraction of sp³-hybridized carbons (Fsp3) is 0.375. The van der Waals surface area contributed by atoms with Crippen LogP contribution in [-0.2, 0) is 17.4 Å². The Morgan fingerprint density at radius 1 is 1.00 bits per heavy atom. The number of anilines is 1. The van der Waals surface area contributed by atoms with Gasteiger partial charge >= 0.3 is 6.18 Å². The van der Waals surface area contributed by atoms with E-state index in [1.807, 2.05) is 12.1 Å². The average molecular weight is 416 g/mol. The van der Waals surface area contributed by atoms with Crippen molar-refractivity contribution >= 4 is 17.7 Å². The van der Waals surface area contributed by atoms with Crippen LogP contribution in [0.5, 0.6) is 0 Å². The van der Waals surface area contributed by atoms with Gasteiger partial charge in [0.2, 0.25) is 5.91 Å². The summed E-state index contributed by atoms with van der Waals surface area (Å²) in [6.07, 6.45) is -0.0503. The van der Waals surface area contributed by atoms with Crippen LogP contribution < -0.4 is 4.90 Å². The molecule has 160 valence electrons. The van der Waals surface area contributed by atoms with E-state index in [0.29, 0.717) is 32.1 Å². The molecule has 0 atom stereocenters. The molecule has 0 N–H and O–H groups in total. The number of hydrogen-bond acceptors (Lipinski definition) is 2. The molecule has 0 aromatic heterocycles. The van der Waals surface area contributed by atoms with Crippen molar-refractivity contribution in [2.24, 2.45) is 5.92 Å². The SMILES string of the molecule is CC(C)Cc1ccc(/C=C/C(=O)N2CCN(c3ccccc3C(F)(F)F)CC2)cc1. The number of nitrogens with zero attached hydrogens (tertiary/aromatic N) is 2. The smallest absolute Gasteiger partial charge is 0.367 e. The van der Waals surface area contributed by atoms with Crippen LogP contribution in [0.4, 0.5) is 18.9 Å². The molecular formula is C24H27F3N2O. The summed E-state index contributed by atoms with van der Waals surface area (Å²) in [6.45, 7) is 5.88. The van der Waals surface area contributed by atoms with Crippen LogP contribution in [-0.4, -0.2) is 37.0 Å². The van der Waals surface area contributed by atoms with Crippen LogP contribution in [0.25, 0.3) is 6.08 Å². The Hall–Kier alpha value is -2.76. The maximum Gasteiger partial charge on any atom is 0.418 e. The Morgan fingerprint density at radius 2 is 1.63 bits per heavy atom. The highest BCUT2D eigenvalue weighted by Gasteiger charge is 2.35. The van der Waals surface area contributed by atoms with Crippen molar-refractivity contribution in [2.45, 2.75) is 26.4 Å². The van der Waals surface area contributed by atoms with Gasteiger partial charge in [0.05, 0.1) is 5.56 Å². The van der Waals surface area contributed by atoms with E-state index in [4.69, 9.17) is 0 Å². The summed E-state index contributed by atoms with van der Waals surface area (Å²) >= 11 is 0. The van der Waals surface area contributed by atoms with Crippen molar-refractivity contribution in [1.29, 1.82) is 0 Å². The van der Waals surface area contributed by atoms with Gasteiger partial charge in [-0.25, -0.2) is 0 Å². The first-order valence-corrected chi connectivity index (χ1v) is 10.2. The summed E-state index contributed by atoms with van der Waals surface area (Å²) < 4.78 is 39.8. The van der Waals surface area contributed by atoms with Gasteiger partial charge in [-0.2, -0.15) is 13.2 Å². The second-order valence-corrected chi connectivity index (χ2v) is 8.00. The molecule has 0 bridgehead atoms. The van der Waals surface area contributed by atoms with Crippen LogP contribution >= 0.6 is 0 Å². The van der Waals surface area contributed by atoms with Gasteiger partial charge in [-0.3, -0.25) is 4.79 Å². The monoisotopic (exact) mass is 416 g/mol. The predicted octanol–water partition coefficient (Wildman–Crippen LogP) is 5.27. The number of carbonyl (C=O) groups excluding carboxylic acids is 1. The fourth-order valence-corrected chi connectivity index (χ4v) is 3.67. The Morgan fingerprint density at radius 3 is 2.23 bits per heavy atom. The van der Waals surface area contributed by atoms with E-state index in [1.54, 1.807) is 21.9 Å². The van der Waals surface area contributed by atoms with Crippen molar-refractivity contribution in [3.05, 3.63) is 71.3 Å². The molecule has 1 heterocycles. The minimum absolute atomic E-state index is 0.120. The number of rotatable bonds is 5. The molecule has 3 nitrogen and oxygen atoms in total. The molecule has 6 heteroatoms. The standard InChI is InChI=1S/C24H27F3N2O/c1-18(2)17-20-9-7-19(8-10-20)11-12-23(30)29-15-13-28(14-16-29)22-6-4-3-5-21(22)24(25,26)27/h3-12,18H,13-17H2,1-2H3/b12-11+. The van der Waals surface area contributed by atoms with E-state index in [-0.39, 0.29) is 11.6 Å². The third-order valence-corrected chi connectivity index (χ3v) is 5.18. The van der Waals surface area contributed by atoms with E-state index >= 15 is 0 Å². The van der Waals surface area contributed by atoms with Crippen molar-refractivity contribution in [2.75, 3.05) is 31.1 Å². The van der Waals surface area contributed by atoms with Gasteiger partial charge in [-0.05, 0) is 41.7 Å². The molecule has 0 radical (unpaired) electrons. The lowest BCUT2D eigenvalue weighted by Gasteiger charge is -2.36. The number of hydrogen-bond donors (Lipinski definition) is 0. The summed E-state index contributed by atoms with van der Waals surface area (Å²) in [4.78, 5) is 15.9. The van der Waals surface area contributed by atoms with Crippen LogP contribution in [0.15, 0.2) is 54.6 Å². The van der Waals surface area contributed by atoms with Crippen LogP contribution in [0.2, 0.25) is 0 Å². The number of carbonyl (C=O) groups is 1. The lowest BCUT2D eigenvalue weighted by atomic mass is 10.0. The maximum absolute atomic E-state index is 13.3. The Bertz CT molecular complexity index is 880. The number of piperazine rings is 1. The predicted molar refractivity (Wildman–Crippen MR) is 114 cm³/mol. The molecule has 3 rings (SSSR count). The fourth-order valence-electron chi connectivity index (χ4n) is 3.67. The lowest BCUT2D eigenvalue weighted by molar-refractivity contribution is -0.137. The Balaban J connectivity index is 1.58. The molecule has 0 saturated carbocycles. The molecule has 1 amide bonds. The molecule has 0 aliphatic carbocycles. The van der Waals surface area contributed by atoms with Crippen molar-refractivity contribution in [3.8, 4) is 0 Å². The minimum atomic E-state index is -4.39. The van der Waals surface area contributed by atoms with Gasteiger partial charge in [0, 0.05) is 37.9 Å². The molecular weight excluding hydrogens is 389 g/mol. The first kappa shape index (κ1) is 21.9. The van der Waals surface area contributed by atoms with E-state index in [2.05, 4.69) is 26.0 Å². The maximum atomic E-state index is 13.3. The normalized spacial score (nSPS) is 15.3. The highest BCUT2D eigenvalue weighted by Crippen LogP contribution is 2.36. The van der Waals surface area contributed by atoms with Gasteiger partial charge in [0.25, 0.3) is 0 Å². The molecule has 2 aromatic rings. The molecule has 1 fully saturated rings. The van der Waals surface area contributed by atoms with Crippen molar-refractivity contribution in [1.82, 2.24) is 4.90 Å². The Labute approximate surface area is 175 Å². The zero-order chi connectivity index (χ0) is 21.7. The van der Waals surface area contributed by atoms with E-state index in [9.17, 15) is 18.0 Å². The second kappa shape index (κ2) is 9.37. The zero-order valence-corrected chi connectivity index (χ0v) is 17.3. The highest BCUT2D eigenvalue weighted by molar-refractivity contribution is 5.92. The summed E-state index contributed by atoms with van der Waals surface area (Å²) in [5, 5.41) is 0. The van der Waals surface area contributed by atoms with Crippen molar-refractivity contribution < 1.29 is 18.0 Å². The third kappa shape index (κ3) is 5.65. The average Bonchev–Trinajstić information content (AvgIpc) is 2.72. The first-order valence-electron chi connectivity index (χ1n) is 10.2. The quantitative estimate of drug-likeness (QED) is 0.621. The number of halogens is 3. The second-order valence-electron chi connectivity index (χ2n) is 8.00. The first-order chi connectivity index (χ1) is 14.2. The molecule has 30 heavy (non-hydrogen) atoms. The van der Waals surface area contributed by atoms with E-state index in [1.165, 1.54) is 23.8 Å². The third-order valence-electron chi connectivity index (χ3n) is 5.18. The van der Waals surface area contributed by atoms with Crippen LogP contribution in [0.1, 0.15) is 30.5 Å². The zero-order valence-electron chi connectivity index (χ0n) is 17.3. The minimum Gasteiger partial charge on any atom is -0.367 e. The number of amides is 1. The molecule has 1 saturated heterocycles. The van der Waals surface area contributed by atoms with Gasteiger partial charge < -0.3 is 9.80 Å². The number of para-hydroxylation sites is 1. The van der Waals surface area contributed by atoms with Gasteiger partial charge in [-0.1, -0.05) is 50.2 Å². The summed E-state index contributed by atoms with van der Waals surface area (Å²) in [5.41, 5.74) is 1.76.